The van der Waals surface area contributed by atoms with Crippen LogP contribution in [-0.4, -0.2) is 16.7 Å². The second-order valence-corrected chi connectivity index (χ2v) is 7.11. The van der Waals surface area contributed by atoms with Crippen LogP contribution >= 0.6 is 0 Å². The van der Waals surface area contributed by atoms with Crippen LogP contribution in [0, 0.1) is 0 Å². The largest absolute Gasteiger partial charge is 0.478 e. The predicted molar refractivity (Wildman–Crippen MR) is 101 cm³/mol. The molecule has 0 aliphatic rings. The molecule has 0 aliphatic carbocycles. The van der Waals surface area contributed by atoms with Crippen LogP contribution in [0.25, 0.3) is 0 Å². The Kier molecular flexibility index (Phi) is 6.24. The highest BCUT2D eigenvalue weighted by atomic mass is 16.5. The van der Waals surface area contributed by atoms with Crippen molar-refractivity contribution in [2.45, 2.75) is 58.5 Å². The third kappa shape index (κ3) is 5.09. The molecule has 2 aromatic carbocycles. The third-order valence-corrected chi connectivity index (χ3v) is 4.41. The van der Waals surface area contributed by atoms with Crippen molar-refractivity contribution < 1.29 is 14.6 Å². The average molecular weight is 340 g/mol. The molecule has 0 saturated carbocycles. The molecule has 1 atom stereocenters. The molecule has 2 aromatic rings. The molecular formula is C22H28O3. The van der Waals surface area contributed by atoms with Gasteiger partial charge in [-0.3, -0.25) is 0 Å². The molecule has 0 aromatic heterocycles. The van der Waals surface area contributed by atoms with Crippen LogP contribution in [0.1, 0.15) is 56.7 Å². The van der Waals surface area contributed by atoms with E-state index in [9.17, 15) is 9.90 Å². The fourth-order valence-corrected chi connectivity index (χ4v) is 2.91. The molecule has 3 heteroatoms. The zero-order valence-electron chi connectivity index (χ0n) is 15.6. The Bertz CT molecular complexity index is 703. The maximum atomic E-state index is 11.9. The minimum Gasteiger partial charge on any atom is -0.478 e. The van der Waals surface area contributed by atoms with E-state index in [1.54, 1.807) is 6.92 Å². The van der Waals surface area contributed by atoms with Crippen LogP contribution in [-0.2, 0) is 17.6 Å². The Hall–Kier alpha value is -2.29. The van der Waals surface area contributed by atoms with Gasteiger partial charge in [0.25, 0.3) is 0 Å². The number of hydrogen-bond acceptors (Lipinski definition) is 2. The van der Waals surface area contributed by atoms with Gasteiger partial charge in [0.1, 0.15) is 5.75 Å². The highest BCUT2D eigenvalue weighted by Gasteiger charge is 2.36. The van der Waals surface area contributed by atoms with Gasteiger partial charge >= 0.3 is 5.97 Å². The fourth-order valence-electron chi connectivity index (χ4n) is 2.91. The zero-order valence-corrected chi connectivity index (χ0v) is 15.6. The van der Waals surface area contributed by atoms with Gasteiger partial charge in [-0.25, -0.2) is 4.79 Å². The van der Waals surface area contributed by atoms with Crippen LogP contribution < -0.4 is 4.74 Å². The Morgan fingerprint density at radius 3 is 2.32 bits per heavy atom. The summed E-state index contributed by atoms with van der Waals surface area (Å²) >= 11 is 0. The first-order chi connectivity index (χ1) is 11.8. The van der Waals surface area contributed by atoms with Gasteiger partial charge in [0, 0.05) is 6.42 Å². The number of ether oxygens (including phenoxy) is 1. The standard InChI is InChI=1S/C22H28O3/c1-5-7-17-8-6-9-18(14-17)15-22(4,21(23)24)25-20-12-10-19(11-13-20)16(2)3/h6,8-14,16H,5,7,15H2,1-4H3,(H,23,24). The quantitative estimate of drug-likeness (QED) is 0.716. The molecule has 1 N–H and O–H groups in total. The lowest BCUT2D eigenvalue weighted by Crippen LogP contribution is -2.43. The summed E-state index contributed by atoms with van der Waals surface area (Å²) < 4.78 is 5.90. The zero-order chi connectivity index (χ0) is 18.4. The first kappa shape index (κ1) is 19.0. The summed E-state index contributed by atoms with van der Waals surface area (Å²) in [6.07, 6.45) is 2.39. The van der Waals surface area contributed by atoms with Crippen LogP contribution in [0.15, 0.2) is 48.5 Å². The second-order valence-electron chi connectivity index (χ2n) is 7.11. The molecular weight excluding hydrogens is 312 g/mol. The fraction of sp³-hybridized carbons (Fsp3) is 0.409. The molecule has 2 rings (SSSR count). The number of hydrogen-bond donors (Lipinski definition) is 1. The van der Waals surface area contributed by atoms with E-state index < -0.39 is 11.6 Å². The van der Waals surface area contributed by atoms with Gasteiger partial charge in [-0.2, -0.15) is 0 Å². The van der Waals surface area contributed by atoms with Gasteiger partial charge in [0.2, 0.25) is 5.60 Å². The lowest BCUT2D eigenvalue weighted by atomic mass is 9.94. The Morgan fingerprint density at radius 1 is 1.12 bits per heavy atom. The van der Waals surface area contributed by atoms with Gasteiger partial charge in [-0.1, -0.05) is 63.6 Å². The van der Waals surface area contributed by atoms with Crippen molar-refractivity contribution in [2.75, 3.05) is 0 Å². The van der Waals surface area contributed by atoms with Crippen LogP contribution in [0.3, 0.4) is 0 Å². The van der Waals surface area contributed by atoms with E-state index in [1.165, 1.54) is 11.1 Å². The van der Waals surface area contributed by atoms with E-state index in [0.717, 1.165) is 18.4 Å². The molecule has 0 radical (unpaired) electrons. The van der Waals surface area contributed by atoms with Crippen molar-refractivity contribution in [1.29, 1.82) is 0 Å². The third-order valence-electron chi connectivity index (χ3n) is 4.41. The topological polar surface area (TPSA) is 46.5 Å². The van der Waals surface area contributed by atoms with Crippen molar-refractivity contribution in [3.63, 3.8) is 0 Å². The number of aryl methyl sites for hydroxylation is 1. The first-order valence-corrected chi connectivity index (χ1v) is 8.94. The molecule has 0 heterocycles. The molecule has 1 unspecified atom stereocenters. The van der Waals surface area contributed by atoms with Crippen molar-refractivity contribution in [2.24, 2.45) is 0 Å². The molecule has 134 valence electrons. The van der Waals surface area contributed by atoms with E-state index in [4.69, 9.17) is 4.74 Å². The van der Waals surface area contributed by atoms with Crippen LogP contribution in [0.5, 0.6) is 5.75 Å². The smallest absolute Gasteiger partial charge is 0.348 e. The molecule has 0 aliphatic heterocycles. The van der Waals surface area contributed by atoms with Gasteiger partial charge in [-0.15, -0.1) is 0 Å². The number of carboxylic acid groups (broad SMARTS) is 1. The van der Waals surface area contributed by atoms with Gasteiger partial charge < -0.3 is 9.84 Å². The summed E-state index contributed by atoms with van der Waals surface area (Å²) in [5.74, 6) is 0.0570. The first-order valence-electron chi connectivity index (χ1n) is 8.94. The highest BCUT2D eigenvalue weighted by molar-refractivity contribution is 5.78. The summed E-state index contributed by atoms with van der Waals surface area (Å²) in [6.45, 7) is 8.02. The Morgan fingerprint density at radius 2 is 1.76 bits per heavy atom. The van der Waals surface area contributed by atoms with Gasteiger partial charge in [0.15, 0.2) is 0 Å². The Labute approximate surface area is 150 Å². The minimum atomic E-state index is -1.30. The van der Waals surface area contributed by atoms with Crippen LogP contribution in [0.2, 0.25) is 0 Å². The van der Waals surface area contributed by atoms with Crippen molar-refractivity contribution in [3.05, 3.63) is 65.2 Å². The maximum Gasteiger partial charge on any atom is 0.348 e. The summed E-state index contributed by atoms with van der Waals surface area (Å²) in [4.78, 5) is 11.9. The summed E-state index contributed by atoms with van der Waals surface area (Å²) in [7, 11) is 0. The van der Waals surface area contributed by atoms with Gasteiger partial charge in [0.05, 0.1) is 0 Å². The molecule has 0 bridgehead atoms. The normalized spacial score (nSPS) is 13.5. The summed E-state index contributed by atoms with van der Waals surface area (Å²) in [5, 5.41) is 9.75. The van der Waals surface area contributed by atoms with Crippen molar-refractivity contribution in [3.8, 4) is 5.75 Å². The highest BCUT2D eigenvalue weighted by Crippen LogP contribution is 2.25. The molecule has 0 saturated heterocycles. The van der Waals surface area contributed by atoms with Crippen molar-refractivity contribution in [1.82, 2.24) is 0 Å². The predicted octanol–water partition coefficient (Wildman–Crippen LogP) is 5.23. The number of aliphatic carboxylic acids is 1. The molecule has 0 spiro atoms. The van der Waals surface area contributed by atoms with Crippen molar-refractivity contribution >= 4 is 5.97 Å². The van der Waals surface area contributed by atoms with E-state index >= 15 is 0 Å². The van der Waals surface area contributed by atoms with E-state index in [0.29, 0.717) is 18.1 Å². The Balaban J connectivity index is 2.20. The molecule has 3 nitrogen and oxygen atoms in total. The SMILES string of the molecule is CCCc1cccc(CC(C)(Oc2ccc(C(C)C)cc2)C(=O)O)c1. The average Bonchev–Trinajstić information content (AvgIpc) is 2.55. The van der Waals surface area contributed by atoms with Crippen LogP contribution in [0.4, 0.5) is 0 Å². The minimum absolute atomic E-state index is 0.325. The van der Waals surface area contributed by atoms with E-state index in [1.807, 2.05) is 36.4 Å². The van der Waals surface area contributed by atoms with Gasteiger partial charge in [-0.05, 0) is 48.1 Å². The maximum absolute atomic E-state index is 11.9. The van der Waals surface area contributed by atoms with E-state index in [-0.39, 0.29) is 0 Å². The monoisotopic (exact) mass is 340 g/mol. The lowest BCUT2D eigenvalue weighted by molar-refractivity contribution is -0.153. The molecule has 0 fully saturated rings. The summed E-state index contributed by atoms with van der Waals surface area (Å²) in [6, 6.07) is 15.8. The molecule has 25 heavy (non-hydrogen) atoms. The second kappa shape index (κ2) is 8.19. The van der Waals surface area contributed by atoms with E-state index in [2.05, 4.69) is 32.9 Å². The number of rotatable bonds is 8. The number of benzene rings is 2. The molecule has 0 amide bonds. The lowest BCUT2D eigenvalue weighted by Gasteiger charge is -2.27. The summed E-state index contributed by atoms with van der Waals surface area (Å²) in [5.41, 5.74) is 2.12. The number of carbonyl (C=O) groups is 1. The number of carboxylic acids is 1.